The zero-order valence-corrected chi connectivity index (χ0v) is 12.5. The van der Waals surface area contributed by atoms with Gasteiger partial charge in [0, 0.05) is 5.56 Å². The fourth-order valence-corrected chi connectivity index (χ4v) is 2.40. The van der Waals surface area contributed by atoms with E-state index in [0.29, 0.717) is 11.1 Å². The van der Waals surface area contributed by atoms with Gasteiger partial charge in [-0.2, -0.15) is 5.26 Å². The molecule has 1 unspecified atom stereocenters. The van der Waals surface area contributed by atoms with E-state index in [0.717, 1.165) is 11.1 Å². The molecule has 0 aromatic heterocycles. The minimum absolute atomic E-state index is 0.0798. The van der Waals surface area contributed by atoms with Gasteiger partial charge in [0.15, 0.2) is 0 Å². The summed E-state index contributed by atoms with van der Waals surface area (Å²) in [5, 5.41) is 11.9. The molecule has 0 saturated heterocycles. The summed E-state index contributed by atoms with van der Waals surface area (Å²) in [4.78, 5) is 12.3. The lowest BCUT2D eigenvalue weighted by Crippen LogP contribution is -2.27. The van der Waals surface area contributed by atoms with Crippen molar-refractivity contribution in [3.8, 4) is 6.07 Å². The van der Waals surface area contributed by atoms with E-state index in [1.54, 1.807) is 24.3 Å². The summed E-state index contributed by atoms with van der Waals surface area (Å²) < 4.78 is 0. The normalized spacial score (nSPS) is 11.5. The van der Waals surface area contributed by atoms with Crippen LogP contribution in [0.15, 0.2) is 42.5 Å². The molecule has 0 aliphatic heterocycles. The SMILES string of the molecule is Cc1ccc(C(C)NC(=O)c2cccc(C#N)c2)c(C)c1. The quantitative estimate of drug-likeness (QED) is 0.931. The molecule has 3 heteroatoms. The number of nitrogens with one attached hydrogen (secondary N) is 1. The maximum absolute atomic E-state index is 12.3. The molecule has 1 atom stereocenters. The van der Waals surface area contributed by atoms with Gasteiger partial charge >= 0.3 is 0 Å². The van der Waals surface area contributed by atoms with Crippen LogP contribution in [0.5, 0.6) is 0 Å². The van der Waals surface area contributed by atoms with Crippen molar-refractivity contribution in [1.29, 1.82) is 5.26 Å². The van der Waals surface area contributed by atoms with Gasteiger partial charge < -0.3 is 5.32 Å². The molecule has 1 amide bonds. The van der Waals surface area contributed by atoms with Gasteiger partial charge in [-0.1, -0.05) is 29.8 Å². The standard InChI is InChI=1S/C18H18N2O/c1-12-7-8-17(13(2)9-12)14(3)20-18(21)16-6-4-5-15(10-16)11-19/h4-10,14H,1-3H3,(H,20,21). The van der Waals surface area contributed by atoms with Gasteiger partial charge in [0.25, 0.3) is 5.91 Å². The number of benzene rings is 2. The summed E-state index contributed by atoms with van der Waals surface area (Å²) in [6, 6.07) is 14.9. The zero-order valence-electron chi connectivity index (χ0n) is 12.5. The van der Waals surface area contributed by atoms with Crippen molar-refractivity contribution >= 4 is 5.91 Å². The molecule has 3 nitrogen and oxygen atoms in total. The fourth-order valence-electron chi connectivity index (χ4n) is 2.40. The highest BCUT2D eigenvalue weighted by atomic mass is 16.1. The van der Waals surface area contributed by atoms with Gasteiger partial charge in [-0.25, -0.2) is 0 Å². The Balaban J connectivity index is 2.17. The summed E-state index contributed by atoms with van der Waals surface area (Å²) in [6.07, 6.45) is 0. The Morgan fingerprint density at radius 3 is 2.62 bits per heavy atom. The summed E-state index contributed by atoms with van der Waals surface area (Å²) in [6.45, 7) is 6.05. The molecule has 2 aromatic rings. The minimum Gasteiger partial charge on any atom is -0.346 e. The first-order valence-electron chi connectivity index (χ1n) is 6.89. The van der Waals surface area contributed by atoms with Gasteiger partial charge in [-0.05, 0) is 50.1 Å². The average molecular weight is 278 g/mol. The Hall–Kier alpha value is -2.60. The summed E-state index contributed by atoms with van der Waals surface area (Å²) in [5.41, 5.74) is 4.46. The number of amides is 1. The van der Waals surface area contributed by atoms with Crippen LogP contribution >= 0.6 is 0 Å². The van der Waals surface area contributed by atoms with Crippen molar-refractivity contribution in [2.75, 3.05) is 0 Å². The van der Waals surface area contributed by atoms with Crippen LogP contribution < -0.4 is 5.32 Å². The minimum atomic E-state index is -0.167. The Kier molecular flexibility index (Phi) is 4.39. The second-order valence-corrected chi connectivity index (χ2v) is 5.25. The molecule has 0 aliphatic carbocycles. The average Bonchev–Trinajstić information content (AvgIpc) is 2.47. The van der Waals surface area contributed by atoms with Gasteiger partial charge in [0.05, 0.1) is 17.7 Å². The van der Waals surface area contributed by atoms with Crippen LogP contribution in [0, 0.1) is 25.2 Å². The number of hydrogen-bond acceptors (Lipinski definition) is 2. The van der Waals surface area contributed by atoms with E-state index in [9.17, 15) is 4.79 Å². The Bertz CT molecular complexity index is 713. The highest BCUT2D eigenvalue weighted by Gasteiger charge is 2.13. The molecule has 0 fully saturated rings. The largest absolute Gasteiger partial charge is 0.346 e. The van der Waals surface area contributed by atoms with E-state index in [4.69, 9.17) is 5.26 Å². The van der Waals surface area contributed by atoms with Crippen LogP contribution in [0.2, 0.25) is 0 Å². The predicted octanol–water partition coefficient (Wildman–Crippen LogP) is 3.67. The highest BCUT2D eigenvalue weighted by Crippen LogP contribution is 2.19. The first kappa shape index (κ1) is 14.8. The summed E-state index contributed by atoms with van der Waals surface area (Å²) in [7, 11) is 0. The third-order valence-electron chi connectivity index (χ3n) is 3.49. The second-order valence-electron chi connectivity index (χ2n) is 5.25. The lowest BCUT2D eigenvalue weighted by molar-refractivity contribution is 0.0940. The number of carbonyl (C=O) groups excluding carboxylic acids is 1. The number of rotatable bonds is 3. The molecule has 0 saturated carbocycles. The highest BCUT2D eigenvalue weighted by molar-refractivity contribution is 5.94. The summed E-state index contributed by atoms with van der Waals surface area (Å²) in [5.74, 6) is -0.167. The molecule has 2 aromatic carbocycles. The third kappa shape index (κ3) is 3.49. The lowest BCUT2D eigenvalue weighted by Gasteiger charge is -2.17. The van der Waals surface area contributed by atoms with E-state index < -0.39 is 0 Å². The number of aryl methyl sites for hydroxylation is 2. The Morgan fingerprint density at radius 2 is 1.95 bits per heavy atom. The van der Waals surface area contributed by atoms with Crippen LogP contribution in [-0.2, 0) is 0 Å². The summed E-state index contributed by atoms with van der Waals surface area (Å²) >= 11 is 0. The van der Waals surface area contributed by atoms with Crippen molar-refractivity contribution in [3.63, 3.8) is 0 Å². The fraction of sp³-hybridized carbons (Fsp3) is 0.222. The molecule has 0 radical (unpaired) electrons. The van der Waals surface area contributed by atoms with Crippen LogP contribution in [0.1, 0.15) is 45.6 Å². The number of hydrogen-bond donors (Lipinski definition) is 1. The monoisotopic (exact) mass is 278 g/mol. The van der Waals surface area contributed by atoms with Crippen LogP contribution in [-0.4, -0.2) is 5.91 Å². The maximum atomic E-state index is 12.3. The molecule has 0 heterocycles. The molecular formula is C18H18N2O. The zero-order chi connectivity index (χ0) is 15.4. The van der Waals surface area contributed by atoms with Crippen molar-refractivity contribution in [2.45, 2.75) is 26.8 Å². The van der Waals surface area contributed by atoms with Crippen molar-refractivity contribution in [3.05, 3.63) is 70.3 Å². The van der Waals surface area contributed by atoms with E-state index in [-0.39, 0.29) is 11.9 Å². The number of nitrogens with zero attached hydrogens (tertiary/aromatic N) is 1. The molecule has 0 aliphatic rings. The molecule has 0 bridgehead atoms. The Morgan fingerprint density at radius 1 is 1.19 bits per heavy atom. The molecule has 2 rings (SSSR count). The molecule has 21 heavy (non-hydrogen) atoms. The molecule has 1 N–H and O–H groups in total. The van der Waals surface area contributed by atoms with Gasteiger partial charge in [-0.15, -0.1) is 0 Å². The number of carbonyl (C=O) groups is 1. The van der Waals surface area contributed by atoms with E-state index in [1.807, 2.05) is 39.0 Å². The van der Waals surface area contributed by atoms with Gasteiger partial charge in [0.1, 0.15) is 0 Å². The third-order valence-corrected chi connectivity index (χ3v) is 3.49. The van der Waals surface area contributed by atoms with Crippen molar-refractivity contribution in [2.24, 2.45) is 0 Å². The van der Waals surface area contributed by atoms with E-state index in [1.165, 1.54) is 5.56 Å². The van der Waals surface area contributed by atoms with Gasteiger partial charge in [0.2, 0.25) is 0 Å². The first-order valence-corrected chi connectivity index (χ1v) is 6.89. The topological polar surface area (TPSA) is 52.9 Å². The van der Waals surface area contributed by atoms with Crippen LogP contribution in [0.4, 0.5) is 0 Å². The van der Waals surface area contributed by atoms with Crippen molar-refractivity contribution < 1.29 is 4.79 Å². The Labute approximate surface area is 125 Å². The van der Waals surface area contributed by atoms with E-state index in [2.05, 4.69) is 11.4 Å². The van der Waals surface area contributed by atoms with Gasteiger partial charge in [-0.3, -0.25) is 4.79 Å². The van der Waals surface area contributed by atoms with E-state index >= 15 is 0 Å². The number of nitriles is 1. The predicted molar refractivity (Wildman–Crippen MR) is 83.0 cm³/mol. The molecule has 0 spiro atoms. The van der Waals surface area contributed by atoms with Crippen molar-refractivity contribution in [1.82, 2.24) is 5.32 Å². The second kappa shape index (κ2) is 6.23. The van der Waals surface area contributed by atoms with Crippen LogP contribution in [0.3, 0.4) is 0 Å². The molecule has 106 valence electrons. The van der Waals surface area contributed by atoms with Crippen LogP contribution in [0.25, 0.3) is 0 Å². The first-order chi connectivity index (χ1) is 10.0. The molecular weight excluding hydrogens is 260 g/mol. The lowest BCUT2D eigenvalue weighted by atomic mass is 10.00. The maximum Gasteiger partial charge on any atom is 0.251 e. The smallest absolute Gasteiger partial charge is 0.251 e.